The summed E-state index contributed by atoms with van der Waals surface area (Å²) in [5.74, 6) is 0.429. The molecule has 0 aliphatic carbocycles. The van der Waals surface area contributed by atoms with Gasteiger partial charge in [-0.05, 0) is 17.7 Å². The van der Waals surface area contributed by atoms with Crippen molar-refractivity contribution >= 4 is 5.91 Å². The molecule has 1 aromatic rings. The number of rotatable bonds is 3. The van der Waals surface area contributed by atoms with Gasteiger partial charge < -0.3 is 14.7 Å². The molecule has 1 aliphatic heterocycles. The van der Waals surface area contributed by atoms with Crippen molar-refractivity contribution in [1.82, 2.24) is 4.90 Å². The summed E-state index contributed by atoms with van der Waals surface area (Å²) in [7, 11) is 1.54. The highest BCUT2D eigenvalue weighted by Crippen LogP contribution is 2.38. The Bertz CT molecular complexity index is 520. The van der Waals surface area contributed by atoms with Crippen molar-refractivity contribution in [3.05, 3.63) is 29.8 Å². The molecule has 1 aromatic carbocycles. The van der Waals surface area contributed by atoms with Crippen molar-refractivity contribution in [3.63, 3.8) is 0 Å². The van der Waals surface area contributed by atoms with Crippen molar-refractivity contribution in [2.75, 3.05) is 20.2 Å². The van der Waals surface area contributed by atoms with Crippen LogP contribution < -0.4 is 4.74 Å². The highest BCUT2D eigenvalue weighted by Gasteiger charge is 2.54. The van der Waals surface area contributed by atoms with Crippen molar-refractivity contribution < 1.29 is 27.8 Å². The third kappa shape index (κ3) is 3.52. The average molecular weight is 317 g/mol. The Labute approximate surface area is 126 Å². The van der Waals surface area contributed by atoms with Crippen LogP contribution in [0.5, 0.6) is 5.75 Å². The Balaban J connectivity index is 1.92. The molecule has 1 fully saturated rings. The number of nitrogens with zero attached hydrogens (tertiary/aromatic N) is 1. The minimum absolute atomic E-state index is 0.0923. The number of likely N-dealkylation sites (tertiary alicyclic amines) is 1. The van der Waals surface area contributed by atoms with Gasteiger partial charge in [0.25, 0.3) is 0 Å². The smallest absolute Gasteiger partial charge is 0.417 e. The van der Waals surface area contributed by atoms with Crippen molar-refractivity contribution in [2.24, 2.45) is 0 Å². The number of piperidine rings is 1. The molecule has 1 saturated heterocycles. The van der Waals surface area contributed by atoms with E-state index in [1.165, 1.54) is 12.0 Å². The number of carbonyl (C=O) groups is 1. The summed E-state index contributed by atoms with van der Waals surface area (Å²) in [4.78, 5) is 13.5. The summed E-state index contributed by atoms with van der Waals surface area (Å²) in [5, 5.41) is 9.58. The van der Waals surface area contributed by atoms with E-state index in [4.69, 9.17) is 4.74 Å². The maximum absolute atomic E-state index is 12.7. The molecular formula is C15H18F3NO3. The first-order valence-corrected chi connectivity index (χ1v) is 6.95. The predicted octanol–water partition coefficient (Wildman–Crippen LogP) is 2.15. The van der Waals surface area contributed by atoms with Gasteiger partial charge in [-0.3, -0.25) is 4.79 Å². The van der Waals surface area contributed by atoms with E-state index in [9.17, 15) is 23.1 Å². The third-order valence-corrected chi connectivity index (χ3v) is 3.99. The number of aliphatic hydroxyl groups is 1. The molecule has 0 bridgehead atoms. The highest BCUT2D eigenvalue weighted by molar-refractivity contribution is 5.79. The number of carbonyl (C=O) groups excluding carboxylic acids is 1. The Morgan fingerprint density at radius 2 is 1.82 bits per heavy atom. The van der Waals surface area contributed by atoms with E-state index in [-0.39, 0.29) is 25.4 Å². The van der Waals surface area contributed by atoms with Crippen LogP contribution in [0, 0.1) is 0 Å². The highest BCUT2D eigenvalue weighted by atomic mass is 19.4. The lowest BCUT2D eigenvalue weighted by Crippen LogP contribution is -2.54. The van der Waals surface area contributed by atoms with E-state index in [1.807, 2.05) is 0 Å². The van der Waals surface area contributed by atoms with Gasteiger partial charge >= 0.3 is 6.18 Å². The summed E-state index contributed by atoms with van der Waals surface area (Å²) < 4.78 is 43.1. The Kier molecular flexibility index (Phi) is 4.65. The second-order valence-corrected chi connectivity index (χ2v) is 5.43. The van der Waals surface area contributed by atoms with Gasteiger partial charge in [0.15, 0.2) is 5.60 Å². The topological polar surface area (TPSA) is 49.8 Å². The molecule has 0 spiro atoms. The lowest BCUT2D eigenvalue weighted by molar-refractivity contribution is -0.272. The maximum Gasteiger partial charge on any atom is 0.417 e. The number of alkyl halides is 3. The number of methoxy groups -OCH3 is 1. The van der Waals surface area contributed by atoms with E-state index in [1.54, 1.807) is 24.3 Å². The fraction of sp³-hybridized carbons (Fsp3) is 0.533. The lowest BCUT2D eigenvalue weighted by atomic mass is 9.90. The third-order valence-electron chi connectivity index (χ3n) is 3.99. The second kappa shape index (κ2) is 6.16. The fourth-order valence-corrected chi connectivity index (χ4v) is 2.44. The first-order chi connectivity index (χ1) is 10.2. The molecule has 0 aromatic heterocycles. The van der Waals surface area contributed by atoms with Crippen molar-refractivity contribution in [1.29, 1.82) is 0 Å². The van der Waals surface area contributed by atoms with E-state index < -0.39 is 24.6 Å². The lowest BCUT2D eigenvalue weighted by Gasteiger charge is -2.39. The van der Waals surface area contributed by atoms with Gasteiger partial charge in [-0.15, -0.1) is 0 Å². The van der Waals surface area contributed by atoms with Crippen LogP contribution in [0.4, 0.5) is 13.2 Å². The molecule has 1 heterocycles. The molecular weight excluding hydrogens is 299 g/mol. The number of hydrogen-bond acceptors (Lipinski definition) is 3. The summed E-state index contributed by atoms with van der Waals surface area (Å²) in [6.45, 7) is -0.185. The minimum atomic E-state index is -4.65. The molecule has 0 radical (unpaired) electrons. The molecule has 122 valence electrons. The quantitative estimate of drug-likeness (QED) is 0.929. The summed E-state index contributed by atoms with van der Waals surface area (Å²) in [6.07, 6.45) is -5.50. The maximum atomic E-state index is 12.7. The molecule has 4 nitrogen and oxygen atoms in total. The van der Waals surface area contributed by atoms with Crippen molar-refractivity contribution in [3.8, 4) is 5.75 Å². The summed E-state index contributed by atoms with van der Waals surface area (Å²) >= 11 is 0. The van der Waals surface area contributed by atoms with Crippen LogP contribution in [0.1, 0.15) is 18.4 Å². The van der Waals surface area contributed by atoms with Gasteiger partial charge in [-0.2, -0.15) is 13.2 Å². The zero-order valence-corrected chi connectivity index (χ0v) is 12.2. The molecule has 0 unspecified atom stereocenters. The van der Waals surface area contributed by atoms with Crippen LogP contribution in [-0.2, 0) is 11.2 Å². The monoisotopic (exact) mass is 317 g/mol. The largest absolute Gasteiger partial charge is 0.497 e. The van der Waals surface area contributed by atoms with E-state index in [0.29, 0.717) is 5.75 Å². The van der Waals surface area contributed by atoms with Crippen LogP contribution >= 0.6 is 0 Å². The van der Waals surface area contributed by atoms with E-state index >= 15 is 0 Å². The van der Waals surface area contributed by atoms with Crippen molar-refractivity contribution in [2.45, 2.75) is 31.0 Å². The van der Waals surface area contributed by atoms with Gasteiger partial charge in [0.1, 0.15) is 5.75 Å². The zero-order valence-electron chi connectivity index (χ0n) is 12.2. The van der Waals surface area contributed by atoms with Crippen LogP contribution in [0.2, 0.25) is 0 Å². The molecule has 7 heteroatoms. The number of halogens is 3. The first-order valence-electron chi connectivity index (χ1n) is 6.95. The van der Waals surface area contributed by atoms with Gasteiger partial charge in [0.2, 0.25) is 5.91 Å². The van der Waals surface area contributed by atoms with Crippen LogP contribution in [0.3, 0.4) is 0 Å². The molecule has 1 N–H and O–H groups in total. The Morgan fingerprint density at radius 1 is 1.27 bits per heavy atom. The standard InChI is InChI=1S/C15H18F3NO3/c1-22-12-4-2-11(3-5-12)10-13(20)19-8-6-14(21,7-9-19)15(16,17)18/h2-5,21H,6-10H2,1H3. The molecule has 2 rings (SSSR count). The number of hydrogen-bond donors (Lipinski definition) is 1. The van der Waals surface area contributed by atoms with Gasteiger partial charge in [0, 0.05) is 25.9 Å². The Hall–Kier alpha value is -1.76. The SMILES string of the molecule is COc1ccc(CC(=O)N2CCC(O)(C(F)(F)F)CC2)cc1. The zero-order chi connectivity index (χ0) is 16.4. The minimum Gasteiger partial charge on any atom is -0.497 e. The fourth-order valence-electron chi connectivity index (χ4n) is 2.44. The molecule has 1 amide bonds. The number of amides is 1. The molecule has 22 heavy (non-hydrogen) atoms. The van der Waals surface area contributed by atoms with E-state index in [2.05, 4.69) is 0 Å². The summed E-state index contributed by atoms with van der Waals surface area (Å²) in [6, 6.07) is 6.93. The predicted molar refractivity (Wildman–Crippen MR) is 73.5 cm³/mol. The van der Waals surface area contributed by atoms with Gasteiger partial charge in [0.05, 0.1) is 13.5 Å². The first kappa shape index (κ1) is 16.6. The molecule has 0 saturated carbocycles. The van der Waals surface area contributed by atoms with Gasteiger partial charge in [-0.25, -0.2) is 0 Å². The van der Waals surface area contributed by atoms with E-state index in [0.717, 1.165) is 5.56 Å². The molecule has 0 atom stereocenters. The normalized spacial score (nSPS) is 18.1. The average Bonchev–Trinajstić information content (AvgIpc) is 2.47. The van der Waals surface area contributed by atoms with Crippen LogP contribution in [-0.4, -0.2) is 47.9 Å². The second-order valence-electron chi connectivity index (χ2n) is 5.43. The molecule has 1 aliphatic rings. The number of benzene rings is 1. The number of ether oxygens (including phenoxy) is 1. The van der Waals surface area contributed by atoms with Crippen LogP contribution in [0.15, 0.2) is 24.3 Å². The van der Waals surface area contributed by atoms with Gasteiger partial charge in [-0.1, -0.05) is 12.1 Å². The Morgan fingerprint density at radius 3 is 2.27 bits per heavy atom. The summed E-state index contributed by atoms with van der Waals surface area (Å²) in [5.41, 5.74) is -1.91. The van der Waals surface area contributed by atoms with Crippen LogP contribution in [0.25, 0.3) is 0 Å².